The highest BCUT2D eigenvalue weighted by atomic mass is 19.1. The van der Waals surface area contributed by atoms with Gasteiger partial charge in [-0.25, -0.2) is 4.39 Å². The van der Waals surface area contributed by atoms with Crippen molar-refractivity contribution in [3.63, 3.8) is 0 Å². The number of carbonyl (C=O) groups is 1. The zero-order chi connectivity index (χ0) is 21.8. The van der Waals surface area contributed by atoms with Crippen LogP contribution in [0.3, 0.4) is 0 Å². The fourth-order valence-electron chi connectivity index (χ4n) is 3.90. The van der Waals surface area contributed by atoms with Crippen molar-refractivity contribution in [2.75, 3.05) is 25.0 Å². The maximum Gasteiger partial charge on any atom is 0.254 e. The van der Waals surface area contributed by atoms with Crippen LogP contribution in [0.15, 0.2) is 52.3 Å². The summed E-state index contributed by atoms with van der Waals surface area (Å²) in [7, 11) is 0. The van der Waals surface area contributed by atoms with E-state index in [1.165, 1.54) is 12.1 Å². The molecular weight excluding hydrogens is 401 g/mol. The number of aliphatic imine (C=N–C) groups is 1. The molecule has 2 aromatic heterocycles. The first-order valence-electron chi connectivity index (χ1n) is 9.96. The number of primary amides is 1. The van der Waals surface area contributed by atoms with E-state index in [4.69, 9.17) is 10.3 Å². The molecule has 4 rings (SSSR count). The van der Waals surface area contributed by atoms with Crippen LogP contribution in [0.4, 0.5) is 15.9 Å². The number of benzene rings is 1. The lowest BCUT2D eigenvalue weighted by atomic mass is 9.87. The van der Waals surface area contributed by atoms with E-state index >= 15 is 0 Å². The molecule has 0 unspecified atom stereocenters. The van der Waals surface area contributed by atoms with Gasteiger partial charge in [-0.15, -0.1) is 0 Å². The number of likely N-dealkylation sites (tertiary alicyclic amines) is 1. The first kappa shape index (κ1) is 20.7. The second kappa shape index (κ2) is 8.68. The summed E-state index contributed by atoms with van der Waals surface area (Å²) < 4.78 is 19.9. The molecular formula is C21H24FN7O2. The number of aromatic nitrogens is 3. The Kier molecular flexibility index (Phi) is 5.81. The van der Waals surface area contributed by atoms with Crippen LogP contribution >= 0.6 is 0 Å². The topological polar surface area (TPSA) is 115 Å². The fraction of sp³-hybridized carbons (Fsp3) is 0.333. The number of rotatable bonds is 8. The van der Waals surface area contributed by atoms with Gasteiger partial charge in [-0.3, -0.25) is 19.4 Å². The van der Waals surface area contributed by atoms with Gasteiger partial charge in [0, 0.05) is 37.6 Å². The van der Waals surface area contributed by atoms with Crippen molar-refractivity contribution in [1.29, 1.82) is 0 Å². The molecule has 3 heterocycles. The van der Waals surface area contributed by atoms with E-state index in [9.17, 15) is 9.18 Å². The Labute approximate surface area is 178 Å². The summed E-state index contributed by atoms with van der Waals surface area (Å²) in [4.78, 5) is 18.5. The van der Waals surface area contributed by atoms with Gasteiger partial charge in [-0.05, 0) is 43.8 Å². The second-order valence-electron chi connectivity index (χ2n) is 7.71. The highest BCUT2D eigenvalue weighted by Gasteiger charge is 2.38. The van der Waals surface area contributed by atoms with Crippen molar-refractivity contribution in [3.05, 3.63) is 59.9 Å². The minimum absolute atomic E-state index is 0.262. The lowest BCUT2D eigenvalue weighted by molar-refractivity contribution is 0.0979. The lowest BCUT2D eigenvalue weighted by Gasteiger charge is -2.40. The van der Waals surface area contributed by atoms with Gasteiger partial charge < -0.3 is 15.6 Å². The Bertz CT molecular complexity index is 1040. The Morgan fingerprint density at radius 1 is 1.29 bits per heavy atom. The maximum atomic E-state index is 13.2. The number of hydrogen-bond acceptors (Lipinski definition) is 7. The normalized spacial score (nSPS) is 16.2. The number of halogens is 1. The van der Waals surface area contributed by atoms with Crippen LogP contribution in [-0.2, 0) is 12.1 Å². The molecule has 3 aromatic rings. The summed E-state index contributed by atoms with van der Waals surface area (Å²) in [5.74, 6) is -0.617. The van der Waals surface area contributed by atoms with E-state index < -0.39 is 11.4 Å². The Morgan fingerprint density at radius 2 is 2.03 bits per heavy atom. The van der Waals surface area contributed by atoms with Gasteiger partial charge in [0.05, 0.1) is 17.8 Å². The molecule has 31 heavy (non-hydrogen) atoms. The monoisotopic (exact) mass is 425 g/mol. The first-order valence-corrected chi connectivity index (χ1v) is 9.96. The van der Waals surface area contributed by atoms with Crippen molar-refractivity contribution < 1.29 is 13.7 Å². The number of hydrogen-bond donors (Lipinski definition) is 2. The molecule has 0 bridgehead atoms. The van der Waals surface area contributed by atoms with Crippen LogP contribution in [0.25, 0.3) is 0 Å². The molecule has 1 amide bonds. The second-order valence-corrected chi connectivity index (χ2v) is 7.71. The van der Waals surface area contributed by atoms with E-state index in [0.29, 0.717) is 24.6 Å². The van der Waals surface area contributed by atoms with E-state index in [1.54, 1.807) is 29.3 Å². The quantitative estimate of drug-likeness (QED) is 0.536. The van der Waals surface area contributed by atoms with Gasteiger partial charge in [0.25, 0.3) is 5.91 Å². The van der Waals surface area contributed by atoms with Crippen LogP contribution in [0.5, 0.6) is 0 Å². The minimum Gasteiger partial charge on any atom is -0.365 e. The molecule has 9 nitrogen and oxygen atoms in total. The smallest absolute Gasteiger partial charge is 0.254 e. The molecule has 10 heteroatoms. The van der Waals surface area contributed by atoms with E-state index in [0.717, 1.165) is 31.6 Å². The SMILES string of the molecule is C=NCC1(n2cc(C(N)=O)c(Nc3ccc(F)cc3)n2)CCN(Cc2ccon2)CC1. The number of nitrogens with two attached hydrogens (primary N) is 1. The lowest BCUT2D eigenvalue weighted by Crippen LogP contribution is -2.48. The largest absolute Gasteiger partial charge is 0.365 e. The molecule has 1 aliphatic heterocycles. The van der Waals surface area contributed by atoms with Crippen LogP contribution in [0.1, 0.15) is 28.9 Å². The van der Waals surface area contributed by atoms with E-state index in [1.807, 2.05) is 6.07 Å². The third-order valence-electron chi connectivity index (χ3n) is 5.64. The van der Waals surface area contributed by atoms with Gasteiger partial charge in [0.15, 0.2) is 5.82 Å². The van der Waals surface area contributed by atoms with Crippen LogP contribution in [0.2, 0.25) is 0 Å². The van der Waals surface area contributed by atoms with Crippen LogP contribution in [-0.4, -0.2) is 52.1 Å². The van der Waals surface area contributed by atoms with Crippen molar-refractivity contribution in [2.45, 2.75) is 24.9 Å². The maximum absolute atomic E-state index is 13.2. The predicted octanol–water partition coefficient (Wildman–Crippen LogP) is 2.54. The molecule has 1 aliphatic rings. The molecule has 0 atom stereocenters. The number of amides is 1. The van der Waals surface area contributed by atoms with Gasteiger partial charge >= 0.3 is 0 Å². The molecule has 0 aliphatic carbocycles. The highest BCUT2D eigenvalue weighted by Crippen LogP contribution is 2.33. The molecule has 0 radical (unpaired) electrons. The van der Waals surface area contributed by atoms with Crippen molar-refractivity contribution in [1.82, 2.24) is 19.8 Å². The van der Waals surface area contributed by atoms with Crippen molar-refractivity contribution in [2.24, 2.45) is 10.7 Å². The highest BCUT2D eigenvalue weighted by molar-refractivity contribution is 5.98. The molecule has 1 saturated heterocycles. The number of nitrogens with one attached hydrogen (secondary N) is 1. The zero-order valence-corrected chi connectivity index (χ0v) is 17.0. The molecule has 0 spiro atoms. The summed E-state index contributed by atoms with van der Waals surface area (Å²) in [6.45, 7) is 6.44. The molecule has 162 valence electrons. The van der Waals surface area contributed by atoms with Gasteiger partial charge in [0.2, 0.25) is 0 Å². The van der Waals surface area contributed by atoms with Crippen LogP contribution < -0.4 is 11.1 Å². The van der Waals surface area contributed by atoms with Gasteiger partial charge in [0.1, 0.15) is 17.6 Å². The third-order valence-corrected chi connectivity index (χ3v) is 5.64. The summed E-state index contributed by atoms with van der Waals surface area (Å²) in [5, 5.41) is 11.7. The number of piperidine rings is 1. The Morgan fingerprint density at radius 3 is 2.65 bits per heavy atom. The zero-order valence-electron chi connectivity index (χ0n) is 17.0. The minimum atomic E-state index is -0.596. The average Bonchev–Trinajstić information content (AvgIpc) is 3.42. The van der Waals surface area contributed by atoms with E-state index in [2.05, 4.69) is 32.2 Å². The summed E-state index contributed by atoms with van der Waals surface area (Å²) in [6, 6.07) is 7.66. The van der Waals surface area contributed by atoms with Gasteiger partial charge in [-0.1, -0.05) is 5.16 Å². The molecule has 0 saturated carbocycles. The molecule has 1 aromatic carbocycles. The standard InChI is InChI=1S/C21H24FN7O2/c1-24-14-21(7-9-28(10-8-21)12-17-6-11-31-27-17)29-13-18(19(23)30)20(26-29)25-16-4-2-15(22)3-5-16/h2-6,11,13H,1,7-10,12,14H2,(H2,23,30)(H,25,26). The molecule has 1 fully saturated rings. The average molecular weight is 425 g/mol. The summed E-state index contributed by atoms with van der Waals surface area (Å²) in [6.07, 6.45) is 4.75. The first-order chi connectivity index (χ1) is 15.0. The summed E-state index contributed by atoms with van der Waals surface area (Å²) in [5.41, 5.74) is 6.93. The van der Waals surface area contributed by atoms with Crippen molar-refractivity contribution in [3.8, 4) is 0 Å². The van der Waals surface area contributed by atoms with Gasteiger partial charge in [-0.2, -0.15) is 5.10 Å². The number of carbonyl (C=O) groups excluding carboxylic acids is 1. The summed E-state index contributed by atoms with van der Waals surface area (Å²) >= 11 is 0. The molecule has 3 N–H and O–H groups in total. The predicted molar refractivity (Wildman–Crippen MR) is 114 cm³/mol. The third kappa shape index (κ3) is 4.48. The number of nitrogens with zero attached hydrogens (tertiary/aromatic N) is 5. The van der Waals surface area contributed by atoms with Crippen molar-refractivity contribution >= 4 is 24.1 Å². The fourth-order valence-corrected chi connectivity index (χ4v) is 3.90. The Balaban J connectivity index is 1.57. The van der Waals surface area contributed by atoms with E-state index in [-0.39, 0.29) is 11.4 Å². The number of anilines is 2. The van der Waals surface area contributed by atoms with Crippen LogP contribution in [0, 0.1) is 5.82 Å². The Hall–Kier alpha value is -3.53.